The molecule has 0 aliphatic heterocycles. The monoisotopic (exact) mass is 239 g/mol. The second-order valence-corrected chi connectivity index (χ2v) is 4.76. The van der Waals surface area contributed by atoms with Crippen molar-refractivity contribution in [2.24, 2.45) is 5.73 Å². The van der Waals surface area contributed by atoms with Crippen molar-refractivity contribution in [2.75, 3.05) is 6.54 Å². The van der Waals surface area contributed by atoms with Gasteiger partial charge in [0.25, 0.3) is 0 Å². The molecule has 0 aromatic heterocycles. The van der Waals surface area contributed by atoms with Crippen LogP contribution in [-0.4, -0.2) is 6.54 Å². The lowest BCUT2D eigenvalue weighted by atomic mass is 9.64. The van der Waals surface area contributed by atoms with Crippen LogP contribution in [0.5, 0.6) is 0 Å². The number of nitrogens with two attached hydrogens (primary N) is 1. The van der Waals surface area contributed by atoms with Gasteiger partial charge in [-0.2, -0.15) is 0 Å². The normalized spacial score (nSPS) is 19.5. The fourth-order valence-corrected chi connectivity index (χ4v) is 2.43. The zero-order chi connectivity index (χ0) is 9.31. The molecule has 0 bridgehead atoms. The predicted octanol–water partition coefficient (Wildman–Crippen LogP) is 2.83. The second kappa shape index (κ2) is 3.43. The lowest BCUT2D eigenvalue weighted by Gasteiger charge is -2.41. The quantitative estimate of drug-likeness (QED) is 0.845. The van der Waals surface area contributed by atoms with E-state index < -0.39 is 0 Å². The molecular weight excluding hydrogens is 226 g/mol. The van der Waals surface area contributed by atoms with Crippen molar-refractivity contribution in [3.8, 4) is 0 Å². The summed E-state index contributed by atoms with van der Waals surface area (Å²) in [5, 5.41) is 0. The predicted molar refractivity (Wildman–Crippen MR) is 58.7 cm³/mol. The molecule has 0 atom stereocenters. The Morgan fingerprint density at radius 1 is 1.38 bits per heavy atom. The van der Waals surface area contributed by atoms with Gasteiger partial charge in [-0.05, 0) is 30.5 Å². The fraction of sp³-hybridized carbons (Fsp3) is 0.455. The molecule has 0 heterocycles. The number of rotatable bonds is 2. The molecule has 1 nitrogen and oxygen atoms in total. The molecule has 0 amide bonds. The number of halogens is 1. The van der Waals surface area contributed by atoms with Crippen LogP contribution in [0.4, 0.5) is 0 Å². The molecular formula is C11H14BrN. The van der Waals surface area contributed by atoms with Crippen molar-refractivity contribution in [3.05, 3.63) is 34.3 Å². The Hall–Kier alpha value is -0.340. The highest BCUT2D eigenvalue weighted by atomic mass is 79.9. The van der Waals surface area contributed by atoms with E-state index in [1.165, 1.54) is 24.8 Å². The largest absolute Gasteiger partial charge is 0.330 e. The van der Waals surface area contributed by atoms with E-state index in [-0.39, 0.29) is 0 Å². The van der Waals surface area contributed by atoms with E-state index in [2.05, 4.69) is 40.2 Å². The molecule has 2 heteroatoms. The third-order valence-corrected chi connectivity index (χ3v) is 3.63. The topological polar surface area (TPSA) is 26.0 Å². The lowest BCUT2D eigenvalue weighted by molar-refractivity contribution is 0.253. The first kappa shape index (κ1) is 9.22. The Balaban J connectivity index is 2.33. The molecule has 2 N–H and O–H groups in total. The maximum Gasteiger partial charge on any atom is 0.0178 e. The Kier molecular flexibility index (Phi) is 2.43. The molecule has 0 spiro atoms. The summed E-state index contributed by atoms with van der Waals surface area (Å²) >= 11 is 3.50. The van der Waals surface area contributed by atoms with Crippen LogP contribution in [0.1, 0.15) is 24.8 Å². The van der Waals surface area contributed by atoms with Gasteiger partial charge in [-0.25, -0.2) is 0 Å². The van der Waals surface area contributed by atoms with E-state index >= 15 is 0 Å². The minimum atomic E-state index is 0.295. The average Bonchev–Trinajstić information content (AvgIpc) is 2.03. The Morgan fingerprint density at radius 2 is 2.15 bits per heavy atom. The molecule has 1 aromatic carbocycles. The smallest absolute Gasteiger partial charge is 0.0178 e. The molecule has 1 aliphatic rings. The zero-order valence-electron chi connectivity index (χ0n) is 7.59. The standard InChI is InChI=1S/C11H14BrN/c12-10-4-1-3-9(7-10)11(8-13)5-2-6-11/h1,3-4,7H,2,5-6,8,13H2. The summed E-state index contributed by atoms with van der Waals surface area (Å²) in [6, 6.07) is 8.55. The maximum absolute atomic E-state index is 5.84. The molecule has 70 valence electrons. The van der Waals surface area contributed by atoms with Gasteiger partial charge < -0.3 is 5.73 Å². The Labute approximate surface area is 87.5 Å². The molecule has 0 unspecified atom stereocenters. The van der Waals surface area contributed by atoms with Crippen molar-refractivity contribution in [2.45, 2.75) is 24.7 Å². The molecule has 13 heavy (non-hydrogen) atoms. The van der Waals surface area contributed by atoms with Gasteiger partial charge in [-0.15, -0.1) is 0 Å². The highest BCUT2D eigenvalue weighted by Gasteiger charge is 2.37. The summed E-state index contributed by atoms with van der Waals surface area (Å²) in [5.41, 5.74) is 7.53. The molecule has 1 saturated carbocycles. The van der Waals surface area contributed by atoms with Crippen LogP contribution in [0.3, 0.4) is 0 Å². The van der Waals surface area contributed by atoms with E-state index in [9.17, 15) is 0 Å². The van der Waals surface area contributed by atoms with Gasteiger partial charge in [-0.3, -0.25) is 0 Å². The van der Waals surface area contributed by atoms with Crippen LogP contribution in [0, 0.1) is 0 Å². The van der Waals surface area contributed by atoms with Crippen LogP contribution in [0.2, 0.25) is 0 Å². The lowest BCUT2D eigenvalue weighted by Crippen LogP contribution is -2.41. The molecule has 1 aromatic rings. The van der Waals surface area contributed by atoms with E-state index in [0.717, 1.165) is 11.0 Å². The Morgan fingerprint density at radius 3 is 2.62 bits per heavy atom. The minimum absolute atomic E-state index is 0.295. The zero-order valence-corrected chi connectivity index (χ0v) is 9.18. The van der Waals surface area contributed by atoms with E-state index in [0.29, 0.717) is 5.41 Å². The van der Waals surface area contributed by atoms with Crippen LogP contribution in [0.15, 0.2) is 28.7 Å². The maximum atomic E-state index is 5.84. The summed E-state index contributed by atoms with van der Waals surface area (Å²) in [6.45, 7) is 0.781. The molecule has 0 radical (unpaired) electrons. The highest BCUT2D eigenvalue weighted by Crippen LogP contribution is 2.43. The van der Waals surface area contributed by atoms with E-state index in [1.54, 1.807) is 0 Å². The van der Waals surface area contributed by atoms with Gasteiger partial charge in [0, 0.05) is 16.4 Å². The summed E-state index contributed by atoms with van der Waals surface area (Å²) in [6.07, 6.45) is 3.82. The molecule has 0 saturated heterocycles. The van der Waals surface area contributed by atoms with Crippen molar-refractivity contribution >= 4 is 15.9 Å². The molecule has 1 fully saturated rings. The van der Waals surface area contributed by atoms with Gasteiger partial charge in [0.2, 0.25) is 0 Å². The number of benzene rings is 1. The van der Waals surface area contributed by atoms with Crippen molar-refractivity contribution in [1.29, 1.82) is 0 Å². The van der Waals surface area contributed by atoms with Crippen molar-refractivity contribution in [3.63, 3.8) is 0 Å². The fourth-order valence-electron chi connectivity index (χ4n) is 2.03. The number of hydrogen-bond acceptors (Lipinski definition) is 1. The third kappa shape index (κ3) is 1.53. The average molecular weight is 240 g/mol. The Bertz CT molecular complexity index is 299. The van der Waals surface area contributed by atoms with Crippen molar-refractivity contribution in [1.82, 2.24) is 0 Å². The van der Waals surface area contributed by atoms with Gasteiger partial charge in [0.05, 0.1) is 0 Å². The summed E-state index contributed by atoms with van der Waals surface area (Å²) in [4.78, 5) is 0. The van der Waals surface area contributed by atoms with Crippen LogP contribution in [0.25, 0.3) is 0 Å². The SMILES string of the molecule is NCC1(c2cccc(Br)c2)CCC1. The van der Waals surface area contributed by atoms with E-state index in [1.807, 2.05) is 0 Å². The van der Waals surface area contributed by atoms with Gasteiger partial charge >= 0.3 is 0 Å². The van der Waals surface area contributed by atoms with Crippen molar-refractivity contribution < 1.29 is 0 Å². The highest BCUT2D eigenvalue weighted by molar-refractivity contribution is 9.10. The second-order valence-electron chi connectivity index (χ2n) is 3.85. The number of hydrogen-bond donors (Lipinski definition) is 1. The summed E-state index contributed by atoms with van der Waals surface area (Å²) in [5.74, 6) is 0. The molecule has 1 aliphatic carbocycles. The van der Waals surface area contributed by atoms with Gasteiger partial charge in [0.15, 0.2) is 0 Å². The van der Waals surface area contributed by atoms with Crippen LogP contribution >= 0.6 is 15.9 Å². The minimum Gasteiger partial charge on any atom is -0.330 e. The van der Waals surface area contributed by atoms with Crippen LogP contribution < -0.4 is 5.73 Å². The third-order valence-electron chi connectivity index (χ3n) is 3.14. The first-order valence-electron chi connectivity index (χ1n) is 4.73. The summed E-state index contributed by atoms with van der Waals surface area (Å²) < 4.78 is 1.16. The van der Waals surface area contributed by atoms with Gasteiger partial charge in [0.1, 0.15) is 0 Å². The molecule has 2 rings (SSSR count). The summed E-state index contributed by atoms with van der Waals surface area (Å²) in [7, 11) is 0. The van der Waals surface area contributed by atoms with Gasteiger partial charge in [-0.1, -0.05) is 34.5 Å². The van der Waals surface area contributed by atoms with E-state index in [4.69, 9.17) is 5.73 Å². The van der Waals surface area contributed by atoms with Crippen LogP contribution in [-0.2, 0) is 5.41 Å². The first-order valence-corrected chi connectivity index (χ1v) is 5.52. The first-order chi connectivity index (χ1) is 6.27.